The first kappa shape index (κ1) is 12.4. The summed E-state index contributed by atoms with van der Waals surface area (Å²) in [5, 5.41) is 4.94. The summed E-state index contributed by atoms with van der Waals surface area (Å²) in [5.74, 6) is 0. The van der Waals surface area contributed by atoms with Crippen molar-refractivity contribution in [3.05, 3.63) is 52.8 Å². The van der Waals surface area contributed by atoms with Crippen molar-refractivity contribution < 1.29 is 0 Å². The van der Waals surface area contributed by atoms with E-state index in [0.717, 1.165) is 26.1 Å². The lowest BCUT2D eigenvalue weighted by atomic mass is 10.2. The molecule has 3 nitrogen and oxygen atoms in total. The lowest BCUT2D eigenvalue weighted by molar-refractivity contribution is 1.02. The fourth-order valence-corrected chi connectivity index (χ4v) is 2.97. The minimum absolute atomic E-state index is 0.681. The summed E-state index contributed by atoms with van der Waals surface area (Å²) in [6.45, 7) is 2.74. The molecule has 3 aromatic rings. The summed E-state index contributed by atoms with van der Waals surface area (Å²) in [4.78, 5) is 8.87. The fraction of sp³-hybridized carbons (Fsp3) is 0.143. The standard InChI is InChI=1S/C14H12ClN3S/c1-9-3-2-6-16-12(9)8-17-14-18-11-5-4-10(15)7-13(11)19-14/h2-7H,8H2,1H3,(H,17,18). The first-order chi connectivity index (χ1) is 9.22. The van der Waals surface area contributed by atoms with E-state index in [-0.39, 0.29) is 0 Å². The van der Waals surface area contributed by atoms with E-state index in [4.69, 9.17) is 11.6 Å². The van der Waals surface area contributed by atoms with Crippen molar-refractivity contribution in [3.63, 3.8) is 0 Å². The van der Waals surface area contributed by atoms with Gasteiger partial charge < -0.3 is 5.32 Å². The Morgan fingerprint density at radius 2 is 2.21 bits per heavy atom. The molecule has 0 amide bonds. The highest BCUT2D eigenvalue weighted by Crippen LogP contribution is 2.28. The minimum Gasteiger partial charge on any atom is -0.356 e. The number of hydrogen-bond donors (Lipinski definition) is 1. The van der Waals surface area contributed by atoms with Crippen molar-refractivity contribution in [2.24, 2.45) is 0 Å². The van der Waals surface area contributed by atoms with Crippen LogP contribution in [0.15, 0.2) is 36.5 Å². The molecule has 3 rings (SSSR count). The highest BCUT2D eigenvalue weighted by atomic mass is 35.5. The molecule has 19 heavy (non-hydrogen) atoms. The number of aryl methyl sites for hydroxylation is 1. The van der Waals surface area contributed by atoms with Crippen LogP contribution in [0.25, 0.3) is 10.2 Å². The molecule has 0 unspecified atom stereocenters. The van der Waals surface area contributed by atoms with Gasteiger partial charge in [0.15, 0.2) is 5.13 Å². The minimum atomic E-state index is 0.681. The smallest absolute Gasteiger partial charge is 0.184 e. The molecule has 2 heterocycles. The lowest BCUT2D eigenvalue weighted by Gasteiger charge is -2.04. The number of benzene rings is 1. The van der Waals surface area contributed by atoms with E-state index < -0.39 is 0 Å². The zero-order valence-electron chi connectivity index (χ0n) is 10.4. The molecule has 0 aliphatic heterocycles. The molecule has 0 fully saturated rings. The van der Waals surface area contributed by atoms with Crippen LogP contribution in [0.4, 0.5) is 5.13 Å². The number of aromatic nitrogens is 2. The number of anilines is 1. The molecule has 0 saturated carbocycles. The van der Waals surface area contributed by atoms with Gasteiger partial charge >= 0.3 is 0 Å². The maximum atomic E-state index is 5.97. The van der Waals surface area contributed by atoms with Crippen molar-refractivity contribution in [2.45, 2.75) is 13.5 Å². The Kier molecular flexibility index (Phi) is 3.36. The van der Waals surface area contributed by atoms with Crippen molar-refractivity contribution >= 4 is 38.3 Å². The third-order valence-electron chi connectivity index (χ3n) is 2.88. The van der Waals surface area contributed by atoms with Crippen LogP contribution in [0.5, 0.6) is 0 Å². The Morgan fingerprint density at radius 3 is 3.05 bits per heavy atom. The summed E-state index contributed by atoms with van der Waals surface area (Å²) in [6.07, 6.45) is 1.81. The highest BCUT2D eigenvalue weighted by Gasteiger charge is 2.05. The predicted octanol–water partition coefficient (Wildman–Crippen LogP) is 4.27. The Morgan fingerprint density at radius 1 is 1.32 bits per heavy atom. The number of rotatable bonds is 3. The van der Waals surface area contributed by atoms with Gasteiger partial charge in [0.25, 0.3) is 0 Å². The third kappa shape index (κ3) is 2.69. The Bertz CT molecular complexity index is 724. The molecule has 0 aliphatic carbocycles. The van der Waals surface area contributed by atoms with Gasteiger partial charge in [0, 0.05) is 11.2 Å². The van der Waals surface area contributed by atoms with E-state index in [1.54, 1.807) is 11.3 Å². The molecular weight excluding hydrogens is 278 g/mol. The second-order valence-electron chi connectivity index (χ2n) is 4.25. The van der Waals surface area contributed by atoms with E-state index >= 15 is 0 Å². The predicted molar refractivity (Wildman–Crippen MR) is 80.9 cm³/mol. The average molecular weight is 290 g/mol. The second kappa shape index (κ2) is 5.15. The van der Waals surface area contributed by atoms with Crippen LogP contribution in [-0.2, 0) is 6.54 Å². The average Bonchev–Trinajstić information content (AvgIpc) is 2.79. The van der Waals surface area contributed by atoms with Crippen molar-refractivity contribution in [3.8, 4) is 0 Å². The van der Waals surface area contributed by atoms with Gasteiger partial charge in [-0.2, -0.15) is 0 Å². The van der Waals surface area contributed by atoms with Gasteiger partial charge in [0.2, 0.25) is 0 Å². The number of thiazole rings is 1. The lowest BCUT2D eigenvalue weighted by Crippen LogP contribution is -2.02. The summed E-state index contributed by atoms with van der Waals surface area (Å²) in [5.41, 5.74) is 3.19. The van der Waals surface area contributed by atoms with E-state index in [1.165, 1.54) is 5.56 Å². The quantitative estimate of drug-likeness (QED) is 0.782. The first-order valence-corrected chi connectivity index (χ1v) is 7.12. The van der Waals surface area contributed by atoms with Crippen LogP contribution in [0.2, 0.25) is 5.02 Å². The summed E-state index contributed by atoms with van der Waals surface area (Å²) < 4.78 is 1.09. The third-order valence-corrected chi connectivity index (χ3v) is 4.09. The number of halogens is 1. The summed E-state index contributed by atoms with van der Waals surface area (Å²) >= 11 is 7.57. The number of hydrogen-bond acceptors (Lipinski definition) is 4. The van der Waals surface area contributed by atoms with E-state index in [2.05, 4.69) is 28.3 Å². The zero-order chi connectivity index (χ0) is 13.2. The largest absolute Gasteiger partial charge is 0.356 e. The van der Waals surface area contributed by atoms with Crippen LogP contribution in [0.1, 0.15) is 11.3 Å². The van der Waals surface area contributed by atoms with Crippen molar-refractivity contribution in [2.75, 3.05) is 5.32 Å². The van der Waals surface area contributed by atoms with Gasteiger partial charge in [-0.25, -0.2) is 4.98 Å². The molecule has 0 radical (unpaired) electrons. The maximum absolute atomic E-state index is 5.97. The molecule has 5 heteroatoms. The molecule has 96 valence electrons. The highest BCUT2D eigenvalue weighted by molar-refractivity contribution is 7.22. The monoisotopic (exact) mass is 289 g/mol. The second-order valence-corrected chi connectivity index (χ2v) is 5.72. The molecular formula is C14H12ClN3S. The first-order valence-electron chi connectivity index (χ1n) is 5.93. The molecule has 1 aromatic carbocycles. The number of pyridine rings is 1. The molecule has 0 saturated heterocycles. The Balaban J connectivity index is 1.80. The number of fused-ring (bicyclic) bond motifs is 1. The number of nitrogens with one attached hydrogen (secondary N) is 1. The fourth-order valence-electron chi connectivity index (χ4n) is 1.84. The molecule has 2 aromatic heterocycles. The number of nitrogens with zero attached hydrogens (tertiary/aromatic N) is 2. The summed E-state index contributed by atoms with van der Waals surface area (Å²) in [7, 11) is 0. The van der Waals surface area contributed by atoms with Crippen molar-refractivity contribution in [1.82, 2.24) is 9.97 Å². The molecule has 0 spiro atoms. The SMILES string of the molecule is Cc1cccnc1CNc1nc2ccc(Cl)cc2s1. The topological polar surface area (TPSA) is 37.8 Å². The molecule has 0 aliphatic rings. The summed E-state index contributed by atoms with van der Waals surface area (Å²) in [6, 6.07) is 9.73. The Hall–Kier alpha value is -1.65. The van der Waals surface area contributed by atoms with Crippen molar-refractivity contribution in [1.29, 1.82) is 0 Å². The van der Waals surface area contributed by atoms with Crippen LogP contribution >= 0.6 is 22.9 Å². The van der Waals surface area contributed by atoms with Gasteiger partial charge in [-0.15, -0.1) is 0 Å². The van der Waals surface area contributed by atoms with E-state index in [0.29, 0.717) is 6.54 Å². The normalized spacial score (nSPS) is 10.8. The van der Waals surface area contributed by atoms with E-state index in [9.17, 15) is 0 Å². The van der Waals surface area contributed by atoms with Gasteiger partial charge in [-0.05, 0) is 36.8 Å². The van der Waals surface area contributed by atoms with Crippen LogP contribution in [0, 0.1) is 6.92 Å². The van der Waals surface area contributed by atoms with Crippen LogP contribution in [-0.4, -0.2) is 9.97 Å². The molecule has 0 atom stereocenters. The van der Waals surface area contributed by atoms with Gasteiger partial charge in [-0.1, -0.05) is 29.0 Å². The van der Waals surface area contributed by atoms with E-state index in [1.807, 2.05) is 30.5 Å². The van der Waals surface area contributed by atoms with Gasteiger partial charge in [0.05, 0.1) is 22.5 Å². The molecule has 0 bridgehead atoms. The maximum Gasteiger partial charge on any atom is 0.184 e. The molecule has 1 N–H and O–H groups in total. The van der Waals surface area contributed by atoms with Crippen LogP contribution < -0.4 is 5.32 Å². The van der Waals surface area contributed by atoms with Gasteiger partial charge in [0.1, 0.15) is 0 Å². The zero-order valence-corrected chi connectivity index (χ0v) is 11.9. The Labute approximate surface area is 120 Å². The van der Waals surface area contributed by atoms with Gasteiger partial charge in [-0.3, -0.25) is 4.98 Å². The van der Waals surface area contributed by atoms with Crippen LogP contribution in [0.3, 0.4) is 0 Å².